The van der Waals surface area contributed by atoms with Crippen LogP contribution in [0.3, 0.4) is 0 Å². The number of hydrogen-bond donors (Lipinski definition) is 1. The molecule has 1 amide bonds. The maximum Gasteiger partial charge on any atom is 0.261 e. The fourth-order valence-electron chi connectivity index (χ4n) is 4.01. The molecule has 7 heteroatoms. The third-order valence-electron chi connectivity index (χ3n) is 5.76. The minimum Gasteiger partial charge on any atom is -0.369 e. The molecule has 2 heterocycles. The van der Waals surface area contributed by atoms with E-state index in [1.165, 1.54) is 22.1 Å². The Kier molecular flexibility index (Phi) is 6.62. The van der Waals surface area contributed by atoms with Gasteiger partial charge < -0.3 is 10.2 Å². The van der Waals surface area contributed by atoms with Crippen LogP contribution in [-0.2, 0) is 11.3 Å². The predicted octanol–water partition coefficient (Wildman–Crippen LogP) is 2.03. The molecule has 1 fully saturated rings. The lowest BCUT2D eigenvalue weighted by Crippen LogP contribution is -2.47. The fourth-order valence-corrected chi connectivity index (χ4v) is 4.01. The lowest BCUT2D eigenvalue weighted by Gasteiger charge is -2.36. The molecule has 1 aromatic heterocycles. The normalized spacial score (nSPS) is 14.7. The van der Waals surface area contributed by atoms with E-state index in [1.807, 2.05) is 6.07 Å². The van der Waals surface area contributed by atoms with Gasteiger partial charge in [-0.3, -0.25) is 19.1 Å². The van der Waals surface area contributed by atoms with Crippen molar-refractivity contribution in [3.63, 3.8) is 0 Å². The number of piperazine rings is 1. The molecule has 0 unspecified atom stereocenters. The Morgan fingerprint density at radius 2 is 1.87 bits per heavy atom. The van der Waals surface area contributed by atoms with Crippen molar-refractivity contribution >= 4 is 22.5 Å². The summed E-state index contributed by atoms with van der Waals surface area (Å²) in [6.07, 6.45) is 2.33. The SMILES string of the molecule is Cc1cccc(N2CCN(CCCNC(=O)Cn3cnc4ccccc4c3=O)CC2)c1. The number of fused-ring (bicyclic) bond motifs is 1. The van der Waals surface area contributed by atoms with E-state index < -0.39 is 0 Å². The minimum atomic E-state index is -0.188. The average Bonchev–Trinajstić information content (AvgIpc) is 2.79. The van der Waals surface area contributed by atoms with Gasteiger partial charge in [0.15, 0.2) is 0 Å². The van der Waals surface area contributed by atoms with Gasteiger partial charge in [0.1, 0.15) is 6.54 Å². The Labute approximate surface area is 182 Å². The molecule has 1 aliphatic heterocycles. The number of benzene rings is 2. The molecular formula is C24H29N5O2. The fraction of sp³-hybridized carbons (Fsp3) is 0.375. The summed E-state index contributed by atoms with van der Waals surface area (Å²) in [6, 6.07) is 15.8. The number of hydrogen-bond acceptors (Lipinski definition) is 5. The summed E-state index contributed by atoms with van der Waals surface area (Å²) >= 11 is 0. The van der Waals surface area contributed by atoms with Crippen LogP contribution in [-0.4, -0.2) is 59.6 Å². The van der Waals surface area contributed by atoms with Gasteiger partial charge in [0.2, 0.25) is 5.91 Å². The van der Waals surface area contributed by atoms with Crippen LogP contribution >= 0.6 is 0 Å². The van der Waals surface area contributed by atoms with E-state index in [0.29, 0.717) is 17.4 Å². The third kappa shape index (κ3) is 5.30. The summed E-state index contributed by atoms with van der Waals surface area (Å²) in [5, 5.41) is 3.45. The van der Waals surface area contributed by atoms with Crippen molar-refractivity contribution in [3.05, 3.63) is 70.8 Å². The second-order valence-corrected chi connectivity index (χ2v) is 8.07. The number of nitrogens with one attached hydrogen (secondary N) is 1. The quantitative estimate of drug-likeness (QED) is 0.594. The first-order valence-electron chi connectivity index (χ1n) is 10.8. The molecular weight excluding hydrogens is 390 g/mol. The van der Waals surface area contributed by atoms with Crippen molar-refractivity contribution in [3.8, 4) is 0 Å². The van der Waals surface area contributed by atoms with E-state index in [9.17, 15) is 9.59 Å². The van der Waals surface area contributed by atoms with E-state index in [0.717, 1.165) is 39.1 Å². The number of aromatic nitrogens is 2. The first-order chi connectivity index (χ1) is 15.1. The smallest absolute Gasteiger partial charge is 0.261 e. The standard InChI is InChI=1S/C24H29N5O2/c1-19-6-4-7-20(16-19)28-14-12-27(13-15-28)11-5-10-25-23(30)17-29-18-26-22-9-3-2-8-21(22)24(29)31/h2-4,6-9,16,18H,5,10-15,17H2,1H3,(H,25,30). The molecule has 2 aromatic carbocycles. The van der Waals surface area contributed by atoms with Gasteiger partial charge in [-0.2, -0.15) is 0 Å². The largest absolute Gasteiger partial charge is 0.369 e. The Balaban J connectivity index is 1.18. The van der Waals surface area contributed by atoms with Crippen LogP contribution in [0.2, 0.25) is 0 Å². The number of nitrogens with zero attached hydrogens (tertiary/aromatic N) is 4. The summed E-state index contributed by atoms with van der Waals surface area (Å²) in [4.78, 5) is 33.9. The molecule has 0 spiro atoms. The Morgan fingerprint density at radius 1 is 1.06 bits per heavy atom. The number of aryl methyl sites for hydroxylation is 1. The highest BCUT2D eigenvalue weighted by atomic mass is 16.2. The zero-order valence-electron chi connectivity index (χ0n) is 18.0. The number of carbonyl (C=O) groups is 1. The topological polar surface area (TPSA) is 70.5 Å². The van der Waals surface area contributed by atoms with Crippen molar-refractivity contribution in [1.29, 1.82) is 0 Å². The molecule has 0 bridgehead atoms. The van der Waals surface area contributed by atoms with E-state index in [-0.39, 0.29) is 18.0 Å². The van der Waals surface area contributed by atoms with Crippen molar-refractivity contribution in [2.75, 3.05) is 44.2 Å². The number of amides is 1. The number of rotatable bonds is 7. The second kappa shape index (κ2) is 9.75. The molecule has 0 aliphatic carbocycles. The molecule has 1 saturated heterocycles. The number of carbonyl (C=O) groups excluding carboxylic acids is 1. The van der Waals surface area contributed by atoms with Gasteiger partial charge in [-0.25, -0.2) is 4.98 Å². The van der Waals surface area contributed by atoms with Crippen LogP contribution in [0.5, 0.6) is 0 Å². The second-order valence-electron chi connectivity index (χ2n) is 8.07. The molecule has 4 rings (SSSR count). The van der Waals surface area contributed by atoms with E-state index >= 15 is 0 Å². The zero-order chi connectivity index (χ0) is 21.6. The van der Waals surface area contributed by atoms with Crippen molar-refractivity contribution in [2.45, 2.75) is 19.9 Å². The highest BCUT2D eigenvalue weighted by molar-refractivity contribution is 5.78. The van der Waals surface area contributed by atoms with Crippen molar-refractivity contribution in [2.24, 2.45) is 0 Å². The first kappa shape index (κ1) is 21.1. The lowest BCUT2D eigenvalue weighted by molar-refractivity contribution is -0.121. The van der Waals surface area contributed by atoms with Crippen LogP contribution < -0.4 is 15.8 Å². The van der Waals surface area contributed by atoms with Gasteiger partial charge in [0, 0.05) is 38.4 Å². The molecule has 0 saturated carbocycles. The minimum absolute atomic E-state index is 0.00810. The zero-order valence-corrected chi connectivity index (χ0v) is 18.0. The summed E-state index contributed by atoms with van der Waals surface area (Å²) in [6.45, 7) is 7.78. The van der Waals surface area contributed by atoms with Gasteiger partial charge >= 0.3 is 0 Å². The van der Waals surface area contributed by atoms with Crippen LogP contribution in [0.1, 0.15) is 12.0 Å². The van der Waals surface area contributed by atoms with Crippen LogP contribution in [0.15, 0.2) is 59.7 Å². The lowest BCUT2D eigenvalue weighted by atomic mass is 10.2. The monoisotopic (exact) mass is 419 g/mol. The van der Waals surface area contributed by atoms with Crippen molar-refractivity contribution in [1.82, 2.24) is 19.8 Å². The van der Waals surface area contributed by atoms with Crippen molar-refractivity contribution < 1.29 is 4.79 Å². The highest BCUT2D eigenvalue weighted by Crippen LogP contribution is 2.17. The molecule has 7 nitrogen and oxygen atoms in total. The van der Waals surface area contributed by atoms with Gasteiger partial charge in [-0.1, -0.05) is 24.3 Å². The van der Waals surface area contributed by atoms with E-state index in [1.54, 1.807) is 18.2 Å². The van der Waals surface area contributed by atoms with E-state index in [4.69, 9.17) is 0 Å². The molecule has 3 aromatic rings. The van der Waals surface area contributed by atoms with E-state index in [2.05, 4.69) is 51.3 Å². The summed E-state index contributed by atoms with van der Waals surface area (Å²) in [5.74, 6) is -0.163. The van der Waals surface area contributed by atoms with Gasteiger partial charge in [-0.05, 0) is 49.7 Å². The van der Waals surface area contributed by atoms with Gasteiger partial charge in [-0.15, -0.1) is 0 Å². The Bertz CT molecular complexity index is 1100. The van der Waals surface area contributed by atoms with Gasteiger partial charge in [0.25, 0.3) is 5.56 Å². The summed E-state index contributed by atoms with van der Waals surface area (Å²) in [5.41, 5.74) is 3.04. The molecule has 0 radical (unpaired) electrons. The Morgan fingerprint density at radius 3 is 2.68 bits per heavy atom. The molecule has 162 valence electrons. The van der Waals surface area contributed by atoms with Crippen LogP contribution in [0.25, 0.3) is 10.9 Å². The first-order valence-corrected chi connectivity index (χ1v) is 10.8. The summed E-state index contributed by atoms with van der Waals surface area (Å²) in [7, 11) is 0. The average molecular weight is 420 g/mol. The Hall–Kier alpha value is -3.19. The highest BCUT2D eigenvalue weighted by Gasteiger charge is 2.17. The molecule has 0 atom stereocenters. The summed E-state index contributed by atoms with van der Waals surface area (Å²) < 4.78 is 1.36. The maximum absolute atomic E-state index is 12.5. The number of para-hydroxylation sites is 1. The van der Waals surface area contributed by atoms with Gasteiger partial charge in [0.05, 0.1) is 17.2 Å². The van der Waals surface area contributed by atoms with Crippen LogP contribution in [0.4, 0.5) is 5.69 Å². The number of anilines is 1. The molecule has 1 aliphatic rings. The van der Waals surface area contributed by atoms with Crippen LogP contribution in [0, 0.1) is 6.92 Å². The predicted molar refractivity (Wildman–Crippen MR) is 123 cm³/mol. The maximum atomic E-state index is 12.5. The third-order valence-corrected chi connectivity index (χ3v) is 5.76. The molecule has 31 heavy (non-hydrogen) atoms. The molecule has 1 N–H and O–H groups in total.